The van der Waals surface area contributed by atoms with Crippen LogP contribution in [0.1, 0.15) is 32.4 Å². The molecule has 1 fully saturated rings. The second-order valence-electron chi connectivity index (χ2n) is 6.09. The number of anilines is 1. The highest BCUT2D eigenvalue weighted by Gasteiger charge is 2.35. The van der Waals surface area contributed by atoms with Crippen LogP contribution in [0.2, 0.25) is 0 Å². The maximum absolute atomic E-state index is 12.6. The van der Waals surface area contributed by atoms with Gasteiger partial charge in [0.15, 0.2) is 0 Å². The van der Waals surface area contributed by atoms with Crippen molar-refractivity contribution in [3.63, 3.8) is 0 Å². The average Bonchev–Trinajstić information content (AvgIpc) is 3.14. The van der Waals surface area contributed by atoms with E-state index >= 15 is 0 Å². The summed E-state index contributed by atoms with van der Waals surface area (Å²) in [6.45, 7) is 6.15. The van der Waals surface area contributed by atoms with Crippen LogP contribution in [0.15, 0.2) is 12.4 Å². The number of hydrogen-bond acceptors (Lipinski definition) is 5. The molecule has 0 radical (unpaired) electrons. The third-order valence-corrected chi connectivity index (χ3v) is 3.96. The minimum absolute atomic E-state index is 0.0134. The molecule has 2 amide bonds. The first-order valence-electron chi connectivity index (χ1n) is 7.76. The van der Waals surface area contributed by atoms with Gasteiger partial charge < -0.3 is 10.2 Å². The van der Waals surface area contributed by atoms with Gasteiger partial charge in [-0.15, -0.1) is 0 Å². The van der Waals surface area contributed by atoms with Gasteiger partial charge in [0.05, 0.1) is 0 Å². The molecule has 1 saturated heterocycles. The Balaban J connectivity index is 1.83. The number of hydrogen-bond donors (Lipinski definition) is 1. The zero-order chi connectivity index (χ0) is 16.6. The van der Waals surface area contributed by atoms with Crippen molar-refractivity contribution in [1.82, 2.24) is 24.5 Å². The molecule has 1 aliphatic heterocycles. The smallest absolute Gasteiger partial charge is 0.254 e. The number of rotatable bonds is 3. The van der Waals surface area contributed by atoms with Crippen LogP contribution in [-0.4, -0.2) is 48.9 Å². The summed E-state index contributed by atoms with van der Waals surface area (Å²) in [5, 5.41) is 6.93. The highest BCUT2D eigenvalue weighted by atomic mass is 16.2. The molecule has 0 spiro atoms. The van der Waals surface area contributed by atoms with Gasteiger partial charge in [-0.05, 0) is 19.8 Å². The van der Waals surface area contributed by atoms with Crippen LogP contribution in [0.25, 0.3) is 5.78 Å². The Kier molecular flexibility index (Phi) is 3.97. The molecule has 1 N–H and O–H groups in total. The summed E-state index contributed by atoms with van der Waals surface area (Å²) >= 11 is 0. The molecule has 23 heavy (non-hydrogen) atoms. The second kappa shape index (κ2) is 5.94. The molecule has 2 aromatic rings. The Labute approximate surface area is 133 Å². The standard InChI is InChI=1S/C15H20N6O2/c1-9(2)14(23)20-6-4-5-11(20)13(22)19-12-7-10(3)18-15-16-8-17-21(12)15/h7-9,11H,4-6H2,1-3H3,(H,19,22). The van der Waals surface area contributed by atoms with Crippen LogP contribution >= 0.6 is 0 Å². The molecule has 1 atom stereocenters. The number of aryl methyl sites for hydroxylation is 1. The summed E-state index contributed by atoms with van der Waals surface area (Å²) < 4.78 is 1.48. The normalized spacial score (nSPS) is 17.9. The zero-order valence-electron chi connectivity index (χ0n) is 13.5. The van der Waals surface area contributed by atoms with Gasteiger partial charge in [-0.1, -0.05) is 13.8 Å². The van der Waals surface area contributed by atoms with E-state index in [0.29, 0.717) is 24.6 Å². The van der Waals surface area contributed by atoms with E-state index in [4.69, 9.17) is 0 Å². The molecule has 1 aliphatic rings. The van der Waals surface area contributed by atoms with Crippen molar-refractivity contribution >= 4 is 23.4 Å². The molecule has 8 heteroatoms. The molecule has 1 unspecified atom stereocenters. The third-order valence-electron chi connectivity index (χ3n) is 3.96. The van der Waals surface area contributed by atoms with Crippen molar-refractivity contribution in [2.45, 2.75) is 39.7 Å². The van der Waals surface area contributed by atoms with Gasteiger partial charge in [-0.3, -0.25) is 9.59 Å². The van der Waals surface area contributed by atoms with E-state index < -0.39 is 6.04 Å². The third kappa shape index (κ3) is 2.88. The first-order chi connectivity index (χ1) is 11.0. The predicted octanol–water partition coefficient (Wildman–Crippen LogP) is 1.02. The molecule has 3 rings (SSSR count). The highest BCUT2D eigenvalue weighted by molar-refractivity contribution is 5.97. The number of carbonyl (C=O) groups excluding carboxylic acids is 2. The lowest BCUT2D eigenvalue weighted by molar-refractivity contribution is -0.139. The number of amides is 2. The lowest BCUT2D eigenvalue weighted by Gasteiger charge is -2.25. The predicted molar refractivity (Wildman–Crippen MR) is 83.7 cm³/mol. The summed E-state index contributed by atoms with van der Waals surface area (Å²) in [7, 11) is 0. The number of carbonyl (C=O) groups is 2. The summed E-state index contributed by atoms with van der Waals surface area (Å²) in [4.78, 5) is 34.8. The molecule has 0 aliphatic carbocycles. The average molecular weight is 316 g/mol. The first kappa shape index (κ1) is 15.4. The Hall–Kier alpha value is -2.51. The summed E-state index contributed by atoms with van der Waals surface area (Å²) in [5.41, 5.74) is 0.738. The first-order valence-corrected chi connectivity index (χ1v) is 7.76. The van der Waals surface area contributed by atoms with E-state index in [1.165, 1.54) is 10.8 Å². The number of nitrogens with one attached hydrogen (secondary N) is 1. The quantitative estimate of drug-likeness (QED) is 0.912. The topological polar surface area (TPSA) is 92.5 Å². The highest BCUT2D eigenvalue weighted by Crippen LogP contribution is 2.21. The van der Waals surface area contributed by atoms with Crippen LogP contribution in [-0.2, 0) is 9.59 Å². The van der Waals surface area contributed by atoms with E-state index in [1.54, 1.807) is 11.0 Å². The molecule has 8 nitrogen and oxygen atoms in total. The molecule has 0 saturated carbocycles. The maximum atomic E-state index is 12.6. The van der Waals surface area contributed by atoms with Crippen LogP contribution in [0.5, 0.6) is 0 Å². The SMILES string of the molecule is Cc1cc(NC(=O)C2CCCN2C(=O)C(C)C)n2ncnc2n1. The molecular weight excluding hydrogens is 296 g/mol. The number of aromatic nitrogens is 4. The molecule has 3 heterocycles. The fourth-order valence-electron chi connectivity index (χ4n) is 2.86. The zero-order valence-corrected chi connectivity index (χ0v) is 13.5. The van der Waals surface area contributed by atoms with E-state index in [-0.39, 0.29) is 17.7 Å². The molecule has 0 bridgehead atoms. The van der Waals surface area contributed by atoms with Gasteiger partial charge in [-0.25, -0.2) is 4.98 Å². The van der Waals surface area contributed by atoms with Crippen LogP contribution < -0.4 is 5.32 Å². The minimum Gasteiger partial charge on any atom is -0.330 e. The van der Waals surface area contributed by atoms with E-state index in [2.05, 4.69) is 20.4 Å². The summed E-state index contributed by atoms with van der Waals surface area (Å²) in [5.74, 6) is 0.646. The maximum Gasteiger partial charge on any atom is 0.254 e. The summed E-state index contributed by atoms with van der Waals surface area (Å²) in [6, 6.07) is 1.31. The van der Waals surface area contributed by atoms with Gasteiger partial charge in [-0.2, -0.15) is 14.6 Å². The fraction of sp³-hybridized carbons (Fsp3) is 0.533. The van der Waals surface area contributed by atoms with Crippen molar-refractivity contribution < 1.29 is 9.59 Å². The van der Waals surface area contributed by atoms with Gasteiger partial charge >= 0.3 is 0 Å². The monoisotopic (exact) mass is 316 g/mol. The molecular formula is C15H20N6O2. The molecule has 2 aromatic heterocycles. The van der Waals surface area contributed by atoms with Gasteiger partial charge in [0.2, 0.25) is 11.8 Å². The van der Waals surface area contributed by atoms with Crippen LogP contribution in [0.3, 0.4) is 0 Å². The second-order valence-corrected chi connectivity index (χ2v) is 6.09. The Morgan fingerprint density at radius 1 is 1.39 bits per heavy atom. The summed E-state index contributed by atoms with van der Waals surface area (Å²) in [6.07, 6.45) is 2.90. The van der Waals surface area contributed by atoms with Crippen molar-refractivity contribution in [2.24, 2.45) is 5.92 Å². The number of nitrogens with zero attached hydrogens (tertiary/aromatic N) is 5. The Bertz CT molecular complexity index is 754. The van der Waals surface area contributed by atoms with Gasteiger partial charge in [0.1, 0.15) is 18.2 Å². The van der Waals surface area contributed by atoms with Crippen molar-refractivity contribution in [3.8, 4) is 0 Å². The fourth-order valence-corrected chi connectivity index (χ4v) is 2.86. The van der Waals surface area contributed by atoms with Crippen LogP contribution in [0, 0.1) is 12.8 Å². The Morgan fingerprint density at radius 2 is 2.17 bits per heavy atom. The Morgan fingerprint density at radius 3 is 2.91 bits per heavy atom. The number of likely N-dealkylation sites (tertiary alicyclic amines) is 1. The number of fused-ring (bicyclic) bond motifs is 1. The largest absolute Gasteiger partial charge is 0.330 e. The molecule has 122 valence electrons. The van der Waals surface area contributed by atoms with E-state index in [0.717, 1.165) is 12.1 Å². The van der Waals surface area contributed by atoms with E-state index in [9.17, 15) is 9.59 Å². The lowest BCUT2D eigenvalue weighted by atomic mass is 10.1. The lowest BCUT2D eigenvalue weighted by Crippen LogP contribution is -2.45. The van der Waals surface area contributed by atoms with Crippen molar-refractivity contribution in [2.75, 3.05) is 11.9 Å². The van der Waals surface area contributed by atoms with Gasteiger partial charge in [0.25, 0.3) is 5.78 Å². The van der Waals surface area contributed by atoms with Gasteiger partial charge in [0, 0.05) is 24.2 Å². The van der Waals surface area contributed by atoms with Crippen molar-refractivity contribution in [3.05, 3.63) is 18.1 Å². The molecule has 0 aromatic carbocycles. The van der Waals surface area contributed by atoms with Crippen LogP contribution in [0.4, 0.5) is 5.82 Å². The van der Waals surface area contributed by atoms with Crippen molar-refractivity contribution in [1.29, 1.82) is 0 Å². The minimum atomic E-state index is -0.433. The van der Waals surface area contributed by atoms with E-state index in [1.807, 2.05) is 20.8 Å².